The van der Waals surface area contributed by atoms with Gasteiger partial charge in [0.05, 0.1) is 33.7 Å². The number of allylic oxidation sites excluding steroid dienone is 1. The van der Waals surface area contributed by atoms with E-state index < -0.39 is 30.1 Å². The number of carbonyl (C=O) groups is 3. The van der Waals surface area contributed by atoms with Crippen molar-refractivity contribution in [2.24, 2.45) is 0 Å². The Labute approximate surface area is 135 Å². The van der Waals surface area contributed by atoms with E-state index >= 15 is 0 Å². The molecule has 0 saturated carbocycles. The number of quaternary nitrogens is 1. The summed E-state index contributed by atoms with van der Waals surface area (Å²) in [7, 11) is 5.53. The van der Waals surface area contributed by atoms with Crippen molar-refractivity contribution >= 4 is 17.9 Å². The quantitative estimate of drug-likeness (QED) is 0.280. The summed E-state index contributed by atoms with van der Waals surface area (Å²) in [5.74, 6) is -3.07. The predicted molar refractivity (Wildman–Crippen MR) is 79.0 cm³/mol. The fourth-order valence-corrected chi connectivity index (χ4v) is 1.92. The van der Waals surface area contributed by atoms with Gasteiger partial charge < -0.3 is 29.3 Å². The van der Waals surface area contributed by atoms with E-state index in [4.69, 9.17) is 9.84 Å². The van der Waals surface area contributed by atoms with Gasteiger partial charge in [0.15, 0.2) is 6.10 Å². The molecule has 8 heteroatoms. The average Bonchev–Trinajstić information content (AvgIpc) is 2.30. The van der Waals surface area contributed by atoms with Gasteiger partial charge in [-0.1, -0.05) is 6.08 Å². The second kappa shape index (κ2) is 9.96. The van der Waals surface area contributed by atoms with Crippen molar-refractivity contribution in [2.45, 2.75) is 37.9 Å². The fourth-order valence-electron chi connectivity index (χ4n) is 1.92. The monoisotopic (exact) mass is 331 g/mol. The number of hydrogen-bond acceptors (Lipinski definition) is 6. The Kier molecular flexibility index (Phi) is 9.12. The van der Waals surface area contributed by atoms with Crippen molar-refractivity contribution in [1.29, 1.82) is 0 Å². The molecule has 0 heterocycles. The highest BCUT2D eigenvalue weighted by molar-refractivity contribution is 5.82. The molecule has 2 N–H and O–H groups in total. The number of esters is 1. The van der Waals surface area contributed by atoms with Crippen LogP contribution in [0.2, 0.25) is 0 Å². The largest absolute Gasteiger partial charge is 0.550 e. The van der Waals surface area contributed by atoms with Crippen LogP contribution in [0.3, 0.4) is 0 Å². The van der Waals surface area contributed by atoms with Crippen LogP contribution >= 0.6 is 0 Å². The van der Waals surface area contributed by atoms with Crippen LogP contribution in [-0.4, -0.2) is 72.5 Å². The van der Waals surface area contributed by atoms with Gasteiger partial charge in [0, 0.05) is 18.5 Å². The van der Waals surface area contributed by atoms with Crippen LogP contribution in [0.1, 0.15) is 25.7 Å². The minimum absolute atomic E-state index is 0.206. The first-order valence-electron chi connectivity index (χ1n) is 7.27. The molecule has 0 saturated heterocycles. The summed E-state index contributed by atoms with van der Waals surface area (Å²) in [5, 5.41) is 28.5. The van der Waals surface area contributed by atoms with E-state index in [0.717, 1.165) is 6.08 Å². The molecule has 0 amide bonds. The van der Waals surface area contributed by atoms with E-state index in [1.807, 2.05) is 21.1 Å². The predicted octanol–water partition coefficient (Wildman–Crippen LogP) is -1.08. The lowest BCUT2D eigenvalue weighted by Crippen LogP contribution is -2.45. The molecule has 0 bridgehead atoms. The Balaban J connectivity index is 4.32. The Bertz CT molecular complexity index is 440. The highest BCUT2D eigenvalue weighted by Gasteiger charge is 2.21. The normalized spacial score (nSPS) is 14.4. The smallest absolute Gasteiger partial charge is 0.330 e. The summed E-state index contributed by atoms with van der Waals surface area (Å²) in [6, 6.07) is 0. The van der Waals surface area contributed by atoms with Gasteiger partial charge in [0.25, 0.3) is 0 Å². The number of carboxylic acid groups (broad SMARTS) is 2. The van der Waals surface area contributed by atoms with Gasteiger partial charge in [-0.25, -0.2) is 4.79 Å². The lowest BCUT2D eigenvalue weighted by molar-refractivity contribution is -0.873. The van der Waals surface area contributed by atoms with E-state index in [1.165, 1.54) is 6.08 Å². The van der Waals surface area contributed by atoms with Gasteiger partial charge >= 0.3 is 11.9 Å². The lowest BCUT2D eigenvalue weighted by Gasteiger charge is -2.29. The molecule has 0 aliphatic rings. The van der Waals surface area contributed by atoms with Gasteiger partial charge in [-0.2, -0.15) is 0 Å². The number of carboxylic acids is 2. The van der Waals surface area contributed by atoms with Crippen molar-refractivity contribution < 1.29 is 38.9 Å². The third-order valence-electron chi connectivity index (χ3n) is 2.76. The SMILES string of the molecule is C[N+](C)(C)CC(CC(=O)[O-])OC(=O)/C=C/CCC(O)CC(=O)O. The van der Waals surface area contributed by atoms with Crippen molar-refractivity contribution in [3.8, 4) is 0 Å². The fraction of sp³-hybridized carbons (Fsp3) is 0.667. The summed E-state index contributed by atoms with van der Waals surface area (Å²) >= 11 is 0. The first kappa shape index (κ1) is 21.1. The summed E-state index contributed by atoms with van der Waals surface area (Å²) in [6.45, 7) is 0.324. The number of aliphatic hydroxyl groups excluding tert-OH is 1. The zero-order valence-electron chi connectivity index (χ0n) is 13.7. The van der Waals surface area contributed by atoms with Crippen LogP contribution in [0, 0.1) is 0 Å². The minimum atomic E-state index is -1.29. The van der Waals surface area contributed by atoms with Crippen molar-refractivity contribution in [2.75, 3.05) is 27.7 Å². The van der Waals surface area contributed by atoms with E-state index in [1.54, 1.807) is 0 Å². The molecule has 2 unspecified atom stereocenters. The molecule has 0 fully saturated rings. The van der Waals surface area contributed by atoms with Gasteiger partial charge in [-0.15, -0.1) is 0 Å². The molecule has 0 spiro atoms. The number of hydrogen-bond donors (Lipinski definition) is 2. The molecular weight excluding hydrogens is 306 g/mol. The Morgan fingerprint density at radius 1 is 1.22 bits per heavy atom. The Morgan fingerprint density at radius 3 is 2.30 bits per heavy atom. The maximum Gasteiger partial charge on any atom is 0.330 e. The number of likely N-dealkylation sites (N-methyl/N-ethyl adjacent to an activating group) is 1. The second-order valence-electron chi connectivity index (χ2n) is 6.34. The molecule has 132 valence electrons. The van der Waals surface area contributed by atoms with Gasteiger partial charge in [-0.05, 0) is 12.8 Å². The van der Waals surface area contributed by atoms with Gasteiger partial charge in [-0.3, -0.25) is 4.79 Å². The molecular formula is C15H25NO7. The van der Waals surface area contributed by atoms with E-state index in [-0.39, 0.29) is 19.3 Å². The number of ether oxygens (including phenoxy) is 1. The number of carbonyl (C=O) groups excluding carboxylic acids is 2. The molecule has 0 rings (SSSR count). The third kappa shape index (κ3) is 13.5. The highest BCUT2D eigenvalue weighted by Crippen LogP contribution is 2.06. The molecule has 2 atom stereocenters. The van der Waals surface area contributed by atoms with Crippen LogP contribution in [0.15, 0.2) is 12.2 Å². The zero-order chi connectivity index (χ0) is 18.0. The maximum absolute atomic E-state index is 11.7. The van der Waals surface area contributed by atoms with E-state index in [2.05, 4.69) is 0 Å². The number of rotatable bonds is 11. The maximum atomic E-state index is 11.7. The average molecular weight is 331 g/mol. The summed E-state index contributed by atoms with van der Waals surface area (Å²) in [6.07, 6.45) is 0.608. The first-order valence-corrected chi connectivity index (χ1v) is 7.27. The molecule has 0 aromatic carbocycles. The molecule has 0 aliphatic carbocycles. The highest BCUT2D eigenvalue weighted by atomic mass is 16.5. The summed E-state index contributed by atoms with van der Waals surface area (Å²) in [5.41, 5.74) is 0. The molecule has 0 radical (unpaired) electrons. The van der Waals surface area contributed by atoms with Gasteiger partial charge in [0.1, 0.15) is 6.54 Å². The molecule has 0 aromatic rings. The first-order chi connectivity index (χ1) is 10.5. The lowest BCUT2D eigenvalue weighted by atomic mass is 10.1. The third-order valence-corrected chi connectivity index (χ3v) is 2.76. The minimum Gasteiger partial charge on any atom is -0.550 e. The Morgan fingerprint density at radius 2 is 1.83 bits per heavy atom. The molecule has 23 heavy (non-hydrogen) atoms. The summed E-state index contributed by atoms with van der Waals surface area (Å²) in [4.78, 5) is 32.7. The number of aliphatic carboxylic acids is 2. The van der Waals surface area contributed by atoms with Crippen LogP contribution < -0.4 is 5.11 Å². The Hall–Kier alpha value is -1.93. The van der Waals surface area contributed by atoms with E-state index in [0.29, 0.717) is 17.4 Å². The molecule has 0 aliphatic heterocycles. The summed E-state index contributed by atoms with van der Waals surface area (Å²) < 4.78 is 5.52. The second-order valence-corrected chi connectivity index (χ2v) is 6.34. The van der Waals surface area contributed by atoms with Crippen molar-refractivity contribution in [1.82, 2.24) is 0 Å². The van der Waals surface area contributed by atoms with Crippen LogP contribution in [0.5, 0.6) is 0 Å². The number of nitrogens with zero attached hydrogens (tertiary/aromatic N) is 1. The van der Waals surface area contributed by atoms with Crippen LogP contribution in [0.4, 0.5) is 0 Å². The van der Waals surface area contributed by atoms with Crippen LogP contribution in [0.25, 0.3) is 0 Å². The standard InChI is InChI=1S/C15H25NO7/c1-16(2,3)10-12(9-14(20)21)23-15(22)7-5-4-6-11(17)8-13(18)19/h5,7,11-12,17H,4,6,8-10H2,1-3H3,(H-,18,19,20,21)/b7-5+. The molecule has 0 aromatic heterocycles. The molecule has 8 nitrogen and oxygen atoms in total. The number of aliphatic hydroxyl groups is 1. The van der Waals surface area contributed by atoms with Crippen molar-refractivity contribution in [3.05, 3.63) is 12.2 Å². The van der Waals surface area contributed by atoms with Crippen LogP contribution in [-0.2, 0) is 19.1 Å². The zero-order valence-corrected chi connectivity index (χ0v) is 13.7. The topological polar surface area (TPSA) is 124 Å². The van der Waals surface area contributed by atoms with E-state index in [9.17, 15) is 24.6 Å². The van der Waals surface area contributed by atoms with Crippen molar-refractivity contribution in [3.63, 3.8) is 0 Å². The van der Waals surface area contributed by atoms with Gasteiger partial charge in [0.2, 0.25) is 0 Å².